The van der Waals surface area contributed by atoms with Crippen LogP contribution in [0.3, 0.4) is 0 Å². The van der Waals surface area contributed by atoms with Crippen molar-refractivity contribution < 1.29 is 14.6 Å². The number of rotatable bonds is 5. The molecule has 1 rings (SSSR count). The summed E-state index contributed by atoms with van der Waals surface area (Å²) >= 11 is 0. The Labute approximate surface area is 94.3 Å². The number of methoxy groups -OCH3 is 1. The van der Waals surface area contributed by atoms with Crippen LogP contribution in [0.1, 0.15) is 11.1 Å². The van der Waals surface area contributed by atoms with Crippen molar-refractivity contribution in [2.75, 3.05) is 20.5 Å². The molecule has 0 amide bonds. The predicted octanol–water partition coefficient (Wildman–Crippen LogP) is 1.55. The van der Waals surface area contributed by atoms with Gasteiger partial charge in [0.1, 0.15) is 5.75 Å². The number of nitriles is 1. The second-order valence-electron chi connectivity index (χ2n) is 3.00. The van der Waals surface area contributed by atoms with E-state index >= 15 is 0 Å². The Kier molecular flexibility index (Phi) is 5.06. The first-order valence-electron chi connectivity index (χ1n) is 4.75. The van der Waals surface area contributed by atoms with Gasteiger partial charge < -0.3 is 14.6 Å². The summed E-state index contributed by atoms with van der Waals surface area (Å²) in [6.07, 6.45) is 3.28. The molecule has 4 nitrogen and oxygen atoms in total. The highest BCUT2D eigenvalue weighted by Gasteiger charge is 2.02. The van der Waals surface area contributed by atoms with Crippen molar-refractivity contribution in [1.82, 2.24) is 0 Å². The molecule has 1 aromatic rings. The van der Waals surface area contributed by atoms with E-state index in [-0.39, 0.29) is 13.4 Å². The fourth-order valence-electron chi connectivity index (χ4n) is 1.18. The Morgan fingerprint density at radius 3 is 2.94 bits per heavy atom. The maximum atomic E-state index is 8.77. The van der Waals surface area contributed by atoms with Crippen LogP contribution in [-0.4, -0.2) is 25.6 Å². The topological polar surface area (TPSA) is 62.5 Å². The molecule has 0 fully saturated rings. The SMILES string of the molecule is COCOc1ccc(C#N)cc1C=CCO. The van der Waals surface area contributed by atoms with Crippen LogP contribution in [0.4, 0.5) is 0 Å². The Bertz CT molecular complexity index is 407. The molecule has 4 heteroatoms. The normalized spacial score (nSPS) is 10.3. The summed E-state index contributed by atoms with van der Waals surface area (Å²) in [5.41, 5.74) is 1.28. The highest BCUT2D eigenvalue weighted by atomic mass is 16.7. The van der Waals surface area contributed by atoms with E-state index in [9.17, 15) is 0 Å². The second kappa shape index (κ2) is 6.62. The predicted molar refractivity (Wildman–Crippen MR) is 59.8 cm³/mol. The van der Waals surface area contributed by atoms with Gasteiger partial charge in [0.15, 0.2) is 6.79 Å². The molecule has 0 atom stereocenters. The summed E-state index contributed by atoms with van der Waals surface area (Å²) in [4.78, 5) is 0. The van der Waals surface area contributed by atoms with Crippen molar-refractivity contribution in [3.05, 3.63) is 35.4 Å². The highest BCUT2D eigenvalue weighted by molar-refractivity contribution is 5.59. The monoisotopic (exact) mass is 219 g/mol. The van der Waals surface area contributed by atoms with Crippen molar-refractivity contribution in [3.63, 3.8) is 0 Å². The average Bonchev–Trinajstić information content (AvgIpc) is 2.34. The van der Waals surface area contributed by atoms with Crippen LogP contribution in [0.15, 0.2) is 24.3 Å². The van der Waals surface area contributed by atoms with Gasteiger partial charge in [0.2, 0.25) is 0 Å². The molecule has 1 N–H and O–H groups in total. The first-order valence-corrected chi connectivity index (χ1v) is 4.75. The third-order valence-corrected chi connectivity index (χ3v) is 1.87. The zero-order valence-electron chi connectivity index (χ0n) is 9.01. The third-order valence-electron chi connectivity index (χ3n) is 1.87. The lowest BCUT2D eigenvalue weighted by molar-refractivity contribution is 0.0509. The van der Waals surface area contributed by atoms with Gasteiger partial charge >= 0.3 is 0 Å². The Hall–Kier alpha value is -1.83. The molecule has 16 heavy (non-hydrogen) atoms. The number of nitrogens with zero attached hydrogens (tertiary/aromatic N) is 1. The van der Waals surface area contributed by atoms with Crippen molar-refractivity contribution in [2.24, 2.45) is 0 Å². The fourth-order valence-corrected chi connectivity index (χ4v) is 1.18. The van der Waals surface area contributed by atoms with E-state index in [2.05, 4.69) is 0 Å². The van der Waals surface area contributed by atoms with E-state index < -0.39 is 0 Å². The van der Waals surface area contributed by atoms with Crippen LogP contribution in [-0.2, 0) is 4.74 Å². The third kappa shape index (κ3) is 3.39. The lowest BCUT2D eigenvalue weighted by Crippen LogP contribution is -2.00. The number of hydrogen-bond donors (Lipinski definition) is 1. The van der Waals surface area contributed by atoms with E-state index in [0.29, 0.717) is 11.3 Å². The van der Waals surface area contributed by atoms with Crippen molar-refractivity contribution in [1.29, 1.82) is 5.26 Å². The van der Waals surface area contributed by atoms with Gasteiger partial charge in [-0.25, -0.2) is 0 Å². The largest absolute Gasteiger partial charge is 0.467 e. The second-order valence-corrected chi connectivity index (χ2v) is 3.00. The van der Waals surface area contributed by atoms with Gasteiger partial charge in [0, 0.05) is 12.7 Å². The molecule has 0 bridgehead atoms. The van der Waals surface area contributed by atoms with Crippen LogP contribution in [0.2, 0.25) is 0 Å². The van der Waals surface area contributed by atoms with Crippen LogP contribution in [0.5, 0.6) is 5.75 Å². The molecule has 0 aromatic heterocycles. The number of aliphatic hydroxyl groups is 1. The summed E-state index contributed by atoms with van der Waals surface area (Å²) in [6, 6.07) is 7.11. The molecule has 0 unspecified atom stereocenters. The standard InChI is InChI=1S/C12H13NO3/c1-15-9-16-12-5-4-10(8-13)7-11(12)3-2-6-14/h2-5,7,14H,6,9H2,1H3. The van der Waals surface area contributed by atoms with Gasteiger partial charge in [-0.1, -0.05) is 12.2 Å². The molecule has 0 saturated carbocycles. The minimum atomic E-state index is -0.0551. The van der Waals surface area contributed by atoms with Gasteiger partial charge in [-0.15, -0.1) is 0 Å². The highest BCUT2D eigenvalue weighted by Crippen LogP contribution is 2.21. The summed E-state index contributed by atoms with van der Waals surface area (Å²) in [7, 11) is 1.53. The first-order chi connectivity index (χ1) is 7.81. The van der Waals surface area contributed by atoms with Crippen LogP contribution >= 0.6 is 0 Å². The minimum absolute atomic E-state index is 0.0551. The van der Waals surface area contributed by atoms with Gasteiger partial charge in [-0.3, -0.25) is 0 Å². The van der Waals surface area contributed by atoms with Crippen LogP contribution < -0.4 is 4.74 Å². The number of benzene rings is 1. The Morgan fingerprint density at radius 2 is 2.31 bits per heavy atom. The van der Waals surface area contributed by atoms with Crippen LogP contribution in [0.25, 0.3) is 6.08 Å². The maximum absolute atomic E-state index is 8.77. The van der Waals surface area contributed by atoms with E-state index in [0.717, 1.165) is 5.56 Å². The van der Waals surface area contributed by atoms with Gasteiger partial charge in [-0.05, 0) is 18.2 Å². The first kappa shape index (κ1) is 12.2. The maximum Gasteiger partial charge on any atom is 0.188 e. The molecular formula is C12H13NO3. The Balaban J connectivity index is 2.97. The zero-order chi connectivity index (χ0) is 11.8. The molecule has 0 saturated heterocycles. The number of hydrogen-bond acceptors (Lipinski definition) is 4. The van der Waals surface area contributed by atoms with Gasteiger partial charge in [0.05, 0.1) is 18.2 Å². The summed E-state index contributed by atoms with van der Waals surface area (Å²) in [5.74, 6) is 0.616. The fraction of sp³-hybridized carbons (Fsp3) is 0.250. The van der Waals surface area contributed by atoms with E-state index in [1.807, 2.05) is 6.07 Å². The minimum Gasteiger partial charge on any atom is -0.467 e. The number of ether oxygens (including phenoxy) is 2. The lowest BCUT2D eigenvalue weighted by Gasteiger charge is -2.08. The molecule has 0 aliphatic carbocycles. The molecule has 0 radical (unpaired) electrons. The molecule has 0 aliphatic heterocycles. The van der Waals surface area contributed by atoms with Crippen molar-refractivity contribution >= 4 is 6.08 Å². The Morgan fingerprint density at radius 1 is 1.50 bits per heavy atom. The van der Waals surface area contributed by atoms with Crippen LogP contribution in [0, 0.1) is 11.3 Å². The molecule has 0 heterocycles. The summed E-state index contributed by atoms with van der Waals surface area (Å²) in [6.45, 7) is 0.0896. The smallest absolute Gasteiger partial charge is 0.188 e. The van der Waals surface area contributed by atoms with E-state index in [1.165, 1.54) is 7.11 Å². The lowest BCUT2D eigenvalue weighted by atomic mass is 10.1. The van der Waals surface area contributed by atoms with Crippen molar-refractivity contribution in [3.8, 4) is 11.8 Å². The quantitative estimate of drug-likeness (QED) is 0.763. The van der Waals surface area contributed by atoms with Gasteiger partial charge in [-0.2, -0.15) is 5.26 Å². The summed E-state index contributed by atoms with van der Waals surface area (Å²) < 4.78 is 10.1. The molecule has 0 aliphatic rings. The number of aliphatic hydroxyl groups excluding tert-OH is 1. The van der Waals surface area contributed by atoms with E-state index in [1.54, 1.807) is 30.4 Å². The molecule has 0 spiro atoms. The van der Waals surface area contributed by atoms with Gasteiger partial charge in [0.25, 0.3) is 0 Å². The molecule has 1 aromatic carbocycles. The average molecular weight is 219 g/mol. The zero-order valence-corrected chi connectivity index (χ0v) is 9.01. The summed E-state index contributed by atoms with van der Waals surface area (Å²) in [5, 5.41) is 17.5. The molecule has 84 valence electrons. The van der Waals surface area contributed by atoms with E-state index in [4.69, 9.17) is 19.8 Å². The van der Waals surface area contributed by atoms with Crippen molar-refractivity contribution in [2.45, 2.75) is 0 Å². The molecular weight excluding hydrogens is 206 g/mol.